The van der Waals surface area contributed by atoms with Crippen LogP contribution in [0.5, 0.6) is 11.5 Å². The van der Waals surface area contributed by atoms with Crippen molar-refractivity contribution in [3.8, 4) is 22.6 Å². The fraction of sp³-hybridized carbons (Fsp3) is 0.0357. The Morgan fingerprint density at radius 1 is 0.710 bits per heavy atom. The van der Waals surface area contributed by atoms with Crippen molar-refractivity contribution in [3.63, 3.8) is 0 Å². The third-order valence-corrected chi connectivity index (χ3v) is 5.57. The van der Waals surface area contributed by atoms with E-state index in [1.54, 1.807) is 0 Å². The zero-order chi connectivity index (χ0) is 21.0. The number of hydrogen-bond donors (Lipinski definition) is 0. The van der Waals surface area contributed by atoms with Gasteiger partial charge < -0.3 is 4.74 Å². The van der Waals surface area contributed by atoms with Gasteiger partial charge in [-0.05, 0) is 59.0 Å². The van der Waals surface area contributed by atoms with Crippen LogP contribution in [-0.4, -0.2) is 4.98 Å². The molecular weight excluding hydrogens is 402 g/mol. The Morgan fingerprint density at radius 2 is 1.42 bits per heavy atom. The Hall–Kier alpha value is -3.62. The van der Waals surface area contributed by atoms with Gasteiger partial charge in [-0.25, -0.2) is 0 Å². The van der Waals surface area contributed by atoms with Crippen LogP contribution in [0.25, 0.3) is 22.0 Å². The van der Waals surface area contributed by atoms with Crippen LogP contribution in [0.2, 0.25) is 5.02 Å². The number of para-hydroxylation sites is 2. The van der Waals surface area contributed by atoms with Crippen LogP contribution in [0.4, 0.5) is 0 Å². The lowest BCUT2D eigenvalue weighted by Gasteiger charge is -2.15. The van der Waals surface area contributed by atoms with Crippen LogP contribution in [0.3, 0.4) is 0 Å². The molecule has 5 aromatic rings. The van der Waals surface area contributed by atoms with Crippen molar-refractivity contribution < 1.29 is 4.74 Å². The molecule has 0 atom stereocenters. The van der Waals surface area contributed by atoms with Crippen LogP contribution in [0.1, 0.15) is 11.1 Å². The van der Waals surface area contributed by atoms with Crippen molar-refractivity contribution in [1.29, 1.82) is 0 Å². The summed E-state index contributed by atoms with van der Waals surface area (Å²) in [6, 6.07) is 34.4. The van der Waals surface area contributed by atoms with E-state index in [4.69, 9.17) is 21.3 Å². The normalized spacial score (nSPS) is 10.9. The maximum Gasteiger partial charge on any atom is 0.128 e. The van der Waals surface area contributed by atoms with Crippen molar-refractivity contribution in [2.45, 2.75) is 6.42 Å². The molecule has 2 nitrogen and oxygen atoms in total. The minimum Gasteiger partial charge on any atom is -0.457 e. The molecule has 0 spiro atoms. The minimum absolute atomic E-state index is 0.654. The fourth-order valence-corrected chi connectivity index (χ4v) is 4.08. The lowest BCUT2D eigenvalue weighted by molar-refractivity contribution is 0.483. The van der Waals surface area contributed by atoms with E-state index in [0.717, 1.165) is 45.5 Å². The maximum absolute atomic E-state index is 6.48. The quantitative estimate of drug-likeness (QED) is 0.287. The predicted molar refractivity (Wildman–Crippen MR) is 128 cm³/mol. The van der Waals surface area contributed by atoms with Gasteiger partial charge in [-0.1, -0.05) is 84.4 Å². The average molecular weight is 422 g/mol. The summed E-state index contributed by atoms with van der Waals surface area (Å²) >= 11 is 6.48. The van der Waals surface area contributed by atoms with E-state index in [-0.39, 0.29) is 0 Å². The lowest BCUT2D eigenvalue weighted by Crippen LogP contribution is -1.96. The Morgan fingerprint density at radius 3 is 2.23 bits per heavy atom. The number of aromatic nitrogens is 1. The second-order valence-electron chi connectivity index (χ2n) is 7.40. The minimum atomic E-state index is 0.654. The predicted octanol–water partition coefficient (Wildman–Crippen LogP) is 7.94. The number of benzene rings is 4. The molecule has 150 valence electrons. The molecule has 0 fully saturated rings. The molecule has 0 radical (unpaired) electrons. The highest BCUT2D eigenvalue weighted by Gasteiger charge is 2.14. The Labute approximate surface area is 186 Å². The van der Waals surface area contributed by atoms with Crippen molar-refractivity contribution in [2.24, 2.45) is 0 Å². The monoisotopic (exact) mass is 421 g/mol. The van der Waals surface area contributed by atoms with Gasteiger partial charge in [0.15, 0.2) is 0 Å². The van der Waals surface area contributed by atoms with Crippen molar-refractivity contribution >= 4 is 22.5 Å². The van der Waals surface area contributed by atoms with Gasteiger partial charge in [-0.3, -0.25) is 4.98 Å². The summed E-state index contributed by atoms with van der Waals surface area (Å²) in [6.07, 6.45) is 2.73. The van der Waals surface area contributed by atoms with Gasteiger partial charge >= 0.3 is 0 Å². The number of rotatable bonds is 5. The van der Waals surface area contributed by atoms with Gasteiger partial charge in [0.05, 0.1) is 10.5 Å². The highest BCUT2D eigenvalue weighted by molar-refractivity contribution is 6.35. The highest BCUT2D eigenvalue weighted by Crippen LogP contribution is 2.36. The summed E-state index contributed by atoms with van der Waals surface area (Å²) in [7, 11) is 0. The average Bonchev–Trinajstić information content (AvgIpc) is 2.81. The summed E-state index contributed by atoms with van der Waals surface area (Å²) in [5.41, 5.74) is 5.41. The van der Waals surface area contributed by atoms with E-state index in [1.165, 1.54) is 5.56 Å². The molecule has 0 saturated carbocycles. The molecule has 0 N–H and O–H groups in total. The molecule has 0 unspecified atom stereocenters. The molecule has 0 aliphatic heterocycles. The smallest absolute Gasteiger partial charge is 0.128 e. The number of hydrogen-bond acceptors (Lipinski definition) is 2. The first-order chi connectivity index (χ1) is 15.3. The fourth-order valence-electron chi connectivity index (χ4n) is 3.86. The standard InChI is InChI=1S/C28H20ClNO/c29-26-16-8-15-25-27(22(19-30-28(25)26)17-20-9-3-1-4-10-20)21-11-7-14-24(18-21)31-23-12-5-2-6-13-23/h1-16,18-19H,17H2. The van der Waals surface area contributed by atoms with Crippen molar-refractivity contribution in [1.82, 2.24) is 4.98 Å². The lowest BCUT2D eigenvalue weighted by atomic mass is 9.93. The summed E-state index contributed by atoms with van der Waals surface area (Å²) in [4.78, 5) is 4.69. The number of pyridine rings is 1. The number of halogens is 1. The zero-order valence-electron chi connectivity index (χ0n) is 16.8. The summed E-state index contributed by atoms with van der Waals surface area (Å²) in [5, 5.41) is 1.69. The topological polar surface area (TPSA) is 22.1 Å². The van der Waals surface area contributed by atoms with Crippen LogP contribution in [-0.2, 0) is 6.42 Å². The third kappa shape index (κ3) is 4.16. The first-order valence-corrected chi connectivity index (χ1v) is 10.6. The number of ether oxygens (including phenoxy) is 1. The summed E-state index contributed by atoms with van der Waals surface area (Å²) in [6.45, 7) is 0. The molecule has 0 aliphatic carbocycles. The molecule has 1 aromatic heterocycles. The molecular formula is C28H20ClNO. The van der Waals surface area contributed by atoms with E-state index < -0.39 is 0 Å². The van der Waals surface area contributed by atoms with E-state index in [2.05, 4.69) is 42.5 Å². The van der Waals surface area contributed by atoms with Crippen LogP contribution in [0, 0.1) is 0 Å². The van der Waals surface area contributed by atoms with Gasteiger partial charge in [0.1, 0.15) is 11.5 Å². The zero-order valence-corrected chi connectivity index (χ0v) is 17.6. The first-order valence-electron chi connectivity index (χ1n) is 10.2. The van der Waals surface area contributed by atoms with Crippen LogP contribution in [0.15, 0.2) is 109 Å². The molecule has 31 heavy (non-hydrogen) atoms. The summed E-state index contributed by atoms with van der Waals surface area (Å²) < 4.78 is 6.09. The second kappa shape index (κ2) is 8.63. The van der Waals surface area contributed by atoms with E-state index in [0.29, 0.717) is 5.02 Å². The largest absolute Gasteiger partial charge is 0.457 e. The molecule has 5 rings (SSSR count). The second-order valence-corrected chi connectivity index (χ2v) is 7.81. The van der Waals surface area contributed by atoms with Gasteiger partial charge in [-0.15, -0.1) is 0 Å². The highest BCUT2D eigenvalue weighted by atomic mass is 35.5. The van der Waals surface area contributed by atoms with Gasteiger partial charge in [-0.2, -0.15) is 0 Å². The number of fused-ring (bicyclic) bond motifs is 1. The third-order valence-electron chi connectivity index (χ3n) is 5.27. The molecule has 3 heteroatoms. The van der Waals surface area contributed by atoms with Gasteiger partial charge in [0.2, 0.25) is 0 Å². The van der Waals surface area contributed by atoms with Crippen molar-refractivity contribution in [2.75, 3.05) is 0 Å². The maximum atomic E-state index is 6.48. The van der Waals surface area contributed by atoms with Crippen molar-refractivity contribution in [3.05, 3.63) is 125 Å². The Balaban J connectivity index is 1.65. The number of nitrogens with zero attached hydrogens (tertiary/aromatic N) is 1. The molecule has 4 aromatic carbocycles. The first kappa shape index (κ1) is 19.3. The molecule has 0 amide bonds. The molecule has 0 saturated heterocycles. The molecule has 0 aliphatic rings. The van der Waals surface area contributed by atoms with Crippen LogP contribution < -0.4 is 4.74 Å². The summed E-state index contributed by atoms with van der Waals surface area (Å²) in [5.74, 6) is 1.60. The van der Waals surface area contributed by atoms with E-state index in [1.807, 2.05) is 66.9 Å². The SMILES string of the molecule is Clc1cccc2c(-c3cccc(Oc4ccccc4)c3)c(Cc3ccccc3)cnc12. The molecule has 1 heterocycles. The molecule has 0 bridgehead atoms. The Bertz CT molecular complexity index is 1330. The van der Waals surface area contributed by atoms with Gasteiger partial charge in [0, 0.05) is 11.6 Å². The Kier molecular flexibility index (Phi) is 5.39. The van der Waals surface area contributed by atoms with Crippen LogP contribution >= 0.6 is 11.6 Å². The van der Waals surface area contributed by atoms with Gasteiger partial charge in [0.25, 0.3) is 0 Å². The van der Waals surface area contributed by atoms with E-state index in [9.17, 15) is 0 Å². The van der Waals surface area contributed by atoms with E-state index >= 15 is 0 Å².